The van der Waals surface area contributed by atoms with E-state index in [2.05, 4.69) is 22.1 Å². The zero-order valence-corrected chi connectivity index (χ0v) is 23.0. The Balaban J connectivity index is 1.83. The molecule has 2 rings (SSSR count). The van der Waals surface area contributed by atoms with E-state index in [0.29, 0.717) is 25.3 Å². The van der Waals surface area contributed by atoms with Crippen LogP contribution in [0.2, 0.25) is 0 Å². The van der Waals surface area contributed by atoms with Crippen LogP contribution in [0.1, 0.15) is 78.6 Å². The average molecular weight is 566 g/mol. The maximum atomic E-state index is 13.2. The lowest BCUT2D eigenvalue weighted by Crippen LogP contribution is -2.58. The van der Waals surface area contributed by atoms with Crippen molar-refractivity contribution in [2.45, 2.75) is 102 Å². The first-order valence-electron chi connectivity index (χ1n) is 13.6. The quantitative estimate of drug-likeness (QED) is 0.161. The van der Waals surface area contributed by atoms with Gasteiger partial charge in [-0.2, -0.15) is 26.3 Å². The topological polar surface area (TPSA) is 61.4 Å². The number of nitrogens with zero attached hydrogens (tertiary/aromatic N) is 1. The first-order chi connectivity index (χ1) is 18.0. The minimum atomic E-state index is -5.05. The van der Waals surface area contributed by atoms with E-state index in [9.17, 15) is 35.9 Å². The van der Waals surface area contributed by atoms with Crippen molar-refractivity contribution in [1.29, 1.82) is 0 Å². The molecule has 1 heterocycles. The van der Waals surface area contributed by atoms with Crippen LogP contribution in [0.25, 0.3) is 0 Å². The van der Waals surface area contributed by atoms with Gasteiger partial charge in [-0.25, -0.2) is 4.79 Å². The summed E-state index contributed by atoms with van der Waals surface area (Å²) < 4.78 is 77.8. The van der Waals surface area contributed by atoms with E-state index in [1.165, 1.54) is 0 Å². The summed E-state index contributed by atoms with van der Waals surface area (Å²) in [6, 6.07) is -0.0851. The van der Waals surface area contributed by atoms with Crippen molar-refractivity contribution in [2.75, 3.05) is 19.6 Å². The van der Waals surface area contributed by atoms with Gasteiger partial charge in [-0.1, -0.05) is 19.4 Å². The molecular formula is C28H41F6N3O2. The number of alkyl halides is 6. The number of urea groups is 1. The molecule has 0 bridgehead atoms. The molecule has 2 fully saturated rings. The van der Waals surface area contributed by atoms with Crippen LogP contribution in [0.3, 0.4) is 0 Å². The second-order valence-electron chi connectivity index (χ2n) is 11.2. The van der Waals surface area contributed by atoms with Crippen LogP contribution >= 0.6 is 0 Å². The van der Waals surface area contributed by atoms with E-state index in [1.807, 2.05) is 13.8 Å². The number of piperidine rings is 1. The van der Waals surface area contributed by atoms with Crippen molar-refractivity contribution in [3.05, 3.63) is 35.5 Å². The average Bonchev–Trinajstić information content (AvgIpc) is 3.25. The van der Waals surface area contributed by atoms with Crippen molar-refractivity contribution >= 4 is 11.8 Å². The summed E-state index contributed by atoms with van der Waals surface area (Å²) in [5.41, 5.74) is -3.65. The summed E-state index contributed by atoms with van der Waals surface area (Å²) in [6.45, 7) is 10.3. The van der Waals surface area contributed by atoms with Crippen molar-refractivity contribution in [3.8, 4) is 0 Å². The van der Waals surface area contributed by atoms with Gasteiger partial charge < -0.3 is 15.5 Å². The number of likely N-dealkylation sites (tertiary alicyclic amines) is 1. The molecule has 1 aliphatic heterocycles. The molecule has 1 saturated heterocycles. The van der Waals surface area contributed by atoms with Crippen molar-refractivity contribution in [2.24, 2.45) is 5.92 Å². The predicted molar refractivity (Wildman–Crippen MR) is 139 cm³/mol. The number of allylic oxidation sites excluding steroid dienone is 5. The van der Waals surface area contributed by atoms with Gasteiger partial charge in [-0.15, -0.1) is 0 Å². The second kappa shape index (κ2) is 13.9. The fraction of sp³-hybridized carbons (Fsp3) is 0.714. The highest BCUT2D eigenvalue weighted by Gasteiger charge is 2.38. The van der Waals surface area contributed by atoms with Crippen molar-refractivity contribution in [1.82, 2.24) is 15.5 Å². The fourth-order valence-electron chi connectivity index (χ4n) is 5.28. The van der Waals surface area contributed by atoms with Crippen molar-refractivity contribution < 1.29 is 35.9 Å². The molecule has 1 saturated carbocycles. The maximum absolute atomic E-state index is 13.2. The fourth-order valence-corrected chi connectivity index (χ4v) is 5.28. The lowest BCUT2D eigenvalue weighted by atomic mass is 9.89. The van der Waals surface area contributed by atoms with Crippen LogP contribution < -0.4 is 10.6 Å². The Kier molecular flexibility index (Phi) is 11.7. The van der Waals surface area contributed by atoms with E-state index in [-0.39, 0.29) is 30.1 Å². The van der Waals surface area contributed by atoms with Gasteiger partial charge in [0.1, 0.15) is 0 Å². The van der Waals surface area contributed by atoms with Crippen LogP contribution in [0.15, 0.2) is 35.5 Å². The molecule has 0 atom stereocenters. The minimum Gasteiger partial charge on any atom is -0.336 e. The van der Waals surface area contributed by atoms with E-state index in [1.54, 1.807) is 0 Å². The van der Waals surface area contributed by atoms with E-state index < -0.39 is 34.9 Å². The maximum Gasteiger partial charge on any atom is 0.416 e. The van der Waals surface area contributed by atoms with Crippen LogP contribution in [-0.2, 0) is 4.79 Å². The van der Waals surface area contributed by atoms with Gasteiger partial charge >= 0.3 is 18.4 Å². The van der Waals surface area contributed by atoms with Gasteiger partial charge in [0.2, 0.25) is 0 Å². The highest BCUT2D eigenvalue weighted by Crippen LogP contribution is 2.34. The number of halogens is 6. The third-order valence-electron chi connectivity index (χ3n) is 7.44. The Morgan fingerprint density at radius 3 is 2.13 bits per heavy atom. The molecule has 2 amide bonds. The number of nitrogens with one attached hydrogen (secondary N) is 2. The van der Waals surface area contributed by atoms with E-state index in [0.717, 1.165) is 64.6 Å². The first-order valence-corrected chi connectivity index (χ1v) is 13.6. The van der Waals surface area contributed by atoms with Crippen LogP contribution in [0, 0.1) is 5.92 Å². The molecule has 0 aromatic rings. The molecule has 0 unspecified atom stereocenters. The molecule has 11 heteroatoms. The van der Waals surface area contributed by atoms with Crippen LogP contribution in [-0.4, -0.2) is 60.3 Å². The third-order valence-corrected chi connectivity index (χ3v) is 7.44. The Labute approximate surface area is 227 Å². The number of hydrogen-bond donors (Lipinski definition) is 2. The lowest BCUT2D eigenvalue weighted by Gasteiger charge is -2.39. The first kappa shape index (κ1) is 32.9. The summed E-state index contributed by atoms with van der Waals surface area (Å²) in [6.07, 6.45) is -2.49. The smallest absolute Gasteiger partial charge is 0.336 e. The molecule has 5 nitrogen and oxygen atoms in total. The highest BCUT2D eigenvalue weighted by atomic mass is 19.4. The largest absolute Gasteiger partial charge is 0.416 e. The van der Waals surface area contributed by atoms with Gasteiger partial charge in [-0.05, 0) is 90.5 Å². The number of carbonyl (C=O) groups is 2. The summed E-state index contributed by atoms with van der Waals surface area (Å²) in [7, 11) is 0. The number of rotatable bonds is 11. The molecule has 0 radical (unpaired) electrons. The molecular weight excluding hydrogens is 524 g/mol. The number of hydrogen-bond acceptors (Lipinski definition) is 3. The van der Waals surface area contributed by atoms with Crippen molar-refractivity contribution in [3.63, 3.8) is 0 Å². The molecule has 2 aliphatic rings. The molecule has 0 aromatic heterocycles. The molecule has 0 aromatic carbocycles. The molecule has 39 heavy (non-hydrogen) atoms. The highest BCUT2D eigenvalue weighted by molar-refractivity contribution is 5.97. The summed E-state index contributed by atoms with van der Waals surface area (Å²) in [4.78, 5) is 27.1. The monoisotopic (exact) mass is 565 g/mol. The Morgan fingerprint density at radius 1 is 1.03 bits per heavy atom. The SMILES string of the molecule is C=C(/C=C(\C=C(/C)C(F)(F)F)C(F)(F)F)C(=O)CCCC1CCN(CC2(NC(=O)NC(C)C)CCCC2)CC1. The number of amides is 2. The van der Waals surface area contributed by atoms with Crippen LogP contribution in [0.5, 0.6) is 0 Å². The molecule has 2 N–H and O–H groups in total. The number of ketones is 1. The Morgan fingerprint density at radius 2 is 1.62 bits per heavy atom. The van der Waals surface area contributed by atoms with Gasteiger partial charge in [0.15, 0.2) is 5.78 Å². The van der Waals surface area contributed by atoms with Gasteiger partial charge in [-0.3, -0.25) is 4.79 Å². The third kappa shape index (κ3) is 11.0. The summed E-state index contributed by atoms with van der Waals surface area (Å²) >= 11 is 0. The zero-order valence-electron chi connectivity index (χ0n) is 23.0. The lowest BCUT2D eigenvalue weighted by molar-refractivity contribution is -0.115. The van der Waals surface area contributed by atoms with Gasteiger partial charge in [0.25, 0.3) is 0 Å². The van der Waals surface area contributed by atoms with Crippen LogP contribution in [0.4, 0.5) is 31.1 Å². The second-order valence-corrected chi connectivity index (χ2v) is 11.2. The van der Waals surface area contributed by atoms with E-state index >= 15 is 0 Å². The predicted octanol–water partition coefficient (Wildman–Crippen LogP) is 7.01. The Hall–Kier alpha value is -2.30. The molecule has 1 aliphatic carbocycles. The zero-order chi connectivity index (χ0) is 29.4. The standard InChI is InChI=1S/C28H41F6N3O2/c1-19(2)35-25(39)36-26(12-5-6-13-26)18-37-14-10-22(11-15-37)8-7-9-24(38)20(3)16-23(28(32,33)34)17-21(4)27(29,30)31/h16-17,19,22H,3,5-15,18H2,1-2,4H3,(H2,35,36,39)/b21-17+,23-16+. The van der Waals surface area contributed by atoms with Gasteiger partial charge in [0.05, 0.1) is 11.1 Å². The number of Topliss-reactive ketones (excluding diaryl/α,β-unsaturated/α-hetero) is 1. The molecule has 222 valence electrons. The Bertz CT molecular complexity index is 923. The summed E-state index contributed by atoms with van der Waals surface area (Å²) in [5.74, 6) is -0.237. The number of carbonyl (C=O) groups excluding carboxylic acids is 2. The normalized spacial score (nSPS) is 19.8. The minimum absolute atomic E-state index is 0.00575. The van der Waals surface area contributed by atoms with E-state index in [4.69, 9.17) is 0 Å². The van der Waals surface area contributed by atoms with Gasteiger partial charge in [0, 0.05) is 30.2 Å². The molecule has 0 spiro atoms. The summed E-state index contributed by atoms with van der Waals surface area (Å²) in [5, 5.41) is 6.11.